The first-order valence-electron chi connectivity index (χ1n) is 6.89. The highest BCUT2D eigenvalue weighted by atomic mass is 32.2. The van der Waals surface area contributed by atoms with E-state index in [0.29, 0.717) is 38.6 Å². The summed E-state index contributed by atoms with van der Waals surface area (Å²) in [5, 5.41) is 12.0. The van der Waals surface area contributed by atoms with Crippen LogP contribution in [0.4, 0.5) is 5.13 Å². The van der Waals surface area contributed by atoms with Crippen molar-refractivity contribution in [3.63, 3.8) is 0 Å². The van der Waals surface area contributed by atoms with Crippen LogP contribution in [-0.4, -0.2) is 53.1 Å². The smallest absolute Gasteiger partial charge is 0.233 e. The molecule has 1 N–H and O–H groups in total. The zero-order valence-electron chi connectivity index (χ0n) is 11.9. The van der Waals surface area contributed by atoms with Gasteiger partial charge in [-0.25, -0.2) is 0 Å². The first-order valence-corrected chi connectivity index (χ1v) is 8.69. The fraction of sp³-hybridized carbons (Fsp3) is 0.462. The minimum atomic E-state index is 0.119. The molecule has 2 aromatic heterocycles. The summed E-state index contributed by atoms with van der Waals surface area (Å²) in [4.78, 5) is 13.9. The van der Waals surface area contributed by atoms with Crippen molar-refractivity contribution in [3.8, 4) is 0 Å². The molecule has 1 saturated heterocycles. The van der Waals surface area contributed by atoms with Crippen molar-refractivity contribution in [2.24, 2.45) is 0 Å². The average molecular weight is 340 g/mol. The Bertz CT molecular complexity index is 596. The third-order valence-corrected chi connectivity index (χ3v) is 5.08. The normalized spacial score (nSPS) is 15.0. The summed E-state index contributed by atoms with van der Waals surface area (Å²) in [5.41, 5.74) is 0. The maximum atomic E-state index is 12.0. The summed E-state index contributed by atoms with van der Waals surface area (Å²) in [6.45, 7) is 3.15. The lowest BCUT2D eigenvalue weighted by molar-refractivity contribution is -0.132. The molecule has 7 nitrogen and oxygen atoms in total. The number of amides is 1. The van der Waals surface area contributed by atoms with E-state index in [-0.39, 0.29) is 5.91 Å². The molecule has 0 spiro atoms. The highest BCUT2D eigenvalue weighted by molar-refractivity contribution is 8.01. The van der Waals surface area contributed by atoms with Crippen LogP contribution in [0.5, 0.6) is 0 Å². The third-order valence-electron chi connectivity index (χ3n) is 3.08. The van der Waals surface area contributed by atoms with Crippen molar-refractivity contribution in [3.05, 3.63) is 24.2 Å². The molecular formula is C13H16N4O3S2. The topological polar surface area (TPSA) is 80.5 Å². The lowest BCUT2D eigenvalue weighted by atomic mass is 10.4. The number of nitrogens with one attached hydrogen (secondary N) is 1. The Kier molecular flexibility index (Phi) is 5.30. The maximum Gasteiger partial charge on any atom is 0.233 e. The molecule has 9 heteroatoms. The molecule has 118 valence electrons. The molecule has 2 aromatic rings. The molecule has 0 bridgehead atoms. The minimum Gasteiger partial charge on any atom is -0.467 e. The van der Waals surface area contributed by atoms with Crippen molar-refractivity contribution in [1.29, 1.82) is 0 Å². The predicted molar refractivity (Wildman–Crippen MR) is 84.1 cm³/mol. The second-order valence-electron chi connectivity index (χ2n) is 4.59. The van der Waals surface area contributed by atoms with Gasteiger partial charge in [-0.15, -0.1) is 10.2 Å². The highest BCUT2D eigenvalue weighted by Crippen LogP contribution is 2.26. The van der Waals surface area contributed by atoms with Crippen LogP contribution < -0.4 is 5.32 Å². The molecule has 0 aliphatic carbocycles. The molecule has 3 heterocycles. The Morgan fingerprint density at radius 3 is 3.05 bits per heavy atom. The molecule has 1 amide bonds. The van der Waals surface area contributed by atoms with Gasteiger partial charge in [0.15, 0.2) is 4.34 Å². The second kappa shape index (κ2) is 7.61. The molecule has 3 rings (SSSR count). The van der Waals surface area contributed by atoms with Crippen molar-refractivity contribution >= 4 is 34.1 Å². The lowest BCUT2D eigenvalue weighted by Gasteiger charge is -2.26. The molecule has 1 aliphatic heterocycles. The van der Waals surface area contributed by atoms with Crippen LogP contribution >= 0.6 is 23.1 Å². The van der Waals surface area contributed by atoms with Gasteiger partial charge in [-0.2, -0.15) is 0 Å². The molecule has 1 aliphatic rings. The molecule has 1 fully saturated rings. The van der Waals surface area contributed by atoms with Crippen molar-refractivity contribution < 1.29 is 13.9 Å². The highest BCUT2D eigenvalue weighted by Gasteiger charge is 2.17. The van der Waals surface area contributed by atoms with Crippen molar-refractivity contribution in [2.75, 3.05) is 37.4 Å². The summed E-state index contributed by atoms with van der Waals surface area (Å²) in [6.07, 6.45) is 1.63. The van der Waals surface area contributed by atoms with Crippen LogP contribution in [0.3, 0.4) is 0 Å². The summed E-state index contributed by atoms with van der Waals surface area (Å²) >= 11 is 2.85. The van der Waals surface area contributed by atoms with E-state index >= 15 is 0 Å². The number of nitrogens with zero attached hydrogens (tertiary/aromatic N) is 3. The first kappa shape index (κ1) is 15.3. The summed E-state index contributed by atoms with van der Waals surface area (Å²) in [7, 11) is 0. The zero-order valence-corrected chi connectivity index (χ0v) is 13.5. The number of furan rings is 1. The van der Waals surface area contributed by atoms with Crippen LogP contribution in [0.1, 0.15) is 5.76 Å². The Morgan fingerprint density at radius 1 is 1.41 bits per heavy atom. The number of aromatic nitrogens is 2. The number of ether oxygens (including phenoxy) is 1. The molecule has 22 heavy (non-hydrogen) atoms. The Hall–Kier alpha value is -1.58. The predicted octanol–water partition coefficient (Wildman–Crippen LogP) is 1.69. The minimum absolute atomic E-state index is 0.119. The van der Waals surface area contributed by atoms with Crippen LogP contribution in [0.25, 0.3) is 0 Å². The van der Waals surface area contributed by atoms with Gasteiger partial charge in [0, 0.05) is 13.1 Å². The van der Waals surface area contributed by atoms with E-state index in [0.717, 1.165) is 15.2 Å². The average Bonchev–Trinajstić information content (AvgIpc) is 3.23. The third kappa shape index (κ3) is 4.21. The van der Waals surface area contributed by atoms with Gasteiger partial charge in [0.05, 0.1) is 31.8 Å². The Labute approximate surface area is 136 Å². The van der Waals surface area contributed by atoms with Crippen molar-refractivity contribution in [1.82, 2.24) is 15.1 Å². The summed E-state index contributed by atoms with van der Waals surface area (Å²) in [6, 6.07) is 3.74. The monoisotopic (exact) mass is 340 g/mol. The number of carbonyl (C=O) groups excluding carboxylic acids is 1. The number of carbonyl (C=O) groups is 1. The number of rotatable bonds is 6. The molecular weight excluding hydrogens is 324 g/mol. The fourth-order valence-corrected chi connectivity index (χ4v) is 3.59. The molecule has 0 aromatic carbocycles. The van der Waals surface area contributed by atoms with Crippen LogP contribution in [-0.2, 0) is 16.1 Å². The Balaban J connectivity index is 1.44. The van der Waals surface area contributed by atoms with Gasteiger partial charge in [-0.05, 0) is 12.1 Å². The largest absolute Gasteiger partial charge is 0.467 e. The fourth-order valence-electron chi connectivity index (χ4n) is 1.94. The number of anilines is 1. The van der Waals surface area contributed by atoms with Gasteiger partial charge in [-0.1, -0.05) is 23.1 Å². The van der Waals surface area contributed by atoms with E-state index in [2.05, 4.69) is 15.5 Å². The standard InChI is InChI=1S/C13H16N4O3S2/c18-11(17-3-6-19-7-4-17)9-21-13-16-15-12(22-13)14-8-10-2-1-5-20-10/h1-2,5H,3-4,6-9H2,(H,14,15). The van der Waals surface area contributed by atoms with E-state index in [1.54, 1.807) is 6.26 Å². The van der Waals surface area contributed by atoms with Crippen molar-refractivity contribution in [2.45, 2.75) is 10.9 Å². The zero-order chi connectivity index (χ0) is 15.2. The van der Waals surface area contributed by atoms with Crippen LogP contribution in [0.2, 0.25) is 0 Å². The van der Waals surface area contributed by atoms with Crippen LogP contribution in [0, 0.1) is 0 Å². The molecule has 0 radical (unpaired) electrons. The maximum absolute atomic E-state index is 12.0. The van der Waals surface area contributed by atoms with E-state index in [1.165, 1.54) is 23.1 Å². The summed E-state index contributed by atoms with van der Waals surface area (Å²) < 4.78 is 11.3. The van der Waals surface area contributed by atoms with Crippen LogP contribution in [0.15, 0.2) is 27.2 Å². The first-order chi connectivity index (χ1) is 10.8. The molecule has 0 saturated carbocycles. The van der Waals surface area contributed by atoms with Gasteiger partial charge >= 0.3 is 0 Å². The van der Waals surface area contributed by atoms with E-state index < -0.39 is 0 Å². The van der Waals surface area contributed by atoms with Gasteiger partial charge in [0.1, 0.15) is 5.76 Å². The SMILES string of the molecule is O=C(CSc1nnc(NCc2ccco2)s1)N1CCOCC1. The Morgan fingerprint density at radius 2 is 2.27 bits per heavy atom. The van der Waals surface area contributed by atoms with Gasteiger partial charge in [-0.3, -0.25) is 4.79 Å². The van der Waals surface area contributed by atoms with Gasteiger partial charge in [0.25, 0.3) is 0 Å². The number of hydrogen-bond acceptors (Lipinski definition) is 8. The second-order valence-corrected chi connectivity index (χ2v) is 6.79. The molecule has 0 unspecified atom stereocenters. The lowest BCUT2D eigenvalue weighted by Crippen LogP contribution is -2.41. The van der Waals surface area contributed by atoms with E-state index in [4.69, 9.17) is 9.15 Å². The van der Waals surface area contributed by atoms with Gasteiger partial charge in [0.2, 0.25) is 11.0 Å². The number of hydrogen-bond donors (Lipinski definition) is 1. The van der Waals surface area contributed by atoms with E-state index in [1.807, 2.05) is 17.0 Å². The number of thioether (sulfide) groups is 1. The number of morpholine rings is 1. The molecule has 0 atom stereocenters. The quantitative estimate of drug-likeness (QED) is 0.802. The van der Waals surface area contributed by atoms with Gasteiger partial charge < -0.3 is 19.4 Å². The van der Waals surface area contributed by atoms with E-state index in [9.17, 15) is 4.79 Å². The summed E-state index contributed by atoms with van der Waals surface area (Å²) in [5.74, 6) is 1.34.